The van der Waals surface area contributed by atoms with Crippen LogP contribution < -0.4 is 0 Å². The smallest absolute Gasteiger partial charge is 0.196 e. The molecule has 0 aromatic carbocycles. The van der Waals surface area contributed by atoms with Crippen molar-refractivity contribution in [1.82, 2.24) is 50.1 Å². The number of imidazole rings is 1. The molecule has 1 aliphatic heterocycles. The third kappa shape index (κ3) is 62.5. The fourth-order valence-electron chi connectivity index (χ4n) is 5.00. The van der Waals surface area contributed by atoms with E-state index in [0.717, 1.165) is 23.9 Å². The highest BCUT2D eigenvalue weighted by Gasteiger charge is 2.04. The van der Waals surface area contributed by atoms with Crippen molar-refractivity contribution in [3.8, 4) is 0 Å². The van der Waals surface area contributed by atoms with Gasteiger partial charge in [-0.05, 0) is 47.1 Å². The van der Waals surface area contributed by atoms with E-state index in [2.05, 4.69) is 177 Å². The van der Waals surface area contributed by atoms with Gasteiger partial charge in [-0.1, -0.05) is 255 Å². The third-order valence-corrected chi connectivity index (χ3v) is 12.4. The van der Waals surface area contributed by atoms with E-state index in [9.17, 15) is 0 Å². The second-order valence-electron chi connectivity index (χ2n) is 19.0. The van der Waals surface area contributed by atoms with Crippen LogP contribution in [0.2, 0.25) is 0 Å². The van der Waals surface area contributed by atoms with Crippen LogP contribution >= 0.6 is 34.0 Å². The van der Waals surface area contributed by atoms with Crippen molar-refractivity contribution >= 4 is 40.2 Å². The maximum absolute atomic E-state index is 4.98. The molecule has 14 nitrogen and oxygen atoms in total. The second-order valence-corrected chi connectivity index (χ2v) is 21.5. The van der Waals surface area contributed by atoms with E-state index < -0.39 is 0 Å². The lowest BCUT2D eigenvalue weighted by atomic mass is 10.1. The molecule has 0 saturated heterocycles. The summed E-state index contributed by atoms with van der Waals surface area (Å²) in [6, 6.07) is 1.99. The number of hydrogen-bond donors (Lipinski definition) is 2. The van der Waals surface area contributed by atoms with Gasteiger partial charge in [0.25, 0.3) is 0 Å². The van der Waals surface area contributed by atoms with Gasteiger partial charge in [0.2, 0.25) is 0 Å². The summed E-state index contributed by atoms with van der Waals surface area (Å²) in [4.78, 5) is 36.3. The Hall–Kier alpha value is -5.65. The molecular weight excluding hydrogens is 1180 g/mol. The van der Waals surface area contributed by atoms with Crippen LogP contribution in [0, 0.1) is 5.92 Å². The number of nitrogens with one attached hydrogen (secondary N) is 2. The van der Waals surface area contributed by atoms with Gasteiger partial charge in [-0.25, -0.2) is 29.9 Å². The lowest BCUT2D eigenvalue weighted by Gasteiger charge is -1.98. The summed E-state index contributed by atoms with van der Waals surface area (Å²) in [7, 11) is 0. The minimum atomic E-state index is 0.407. The fraction of sp³-hybridized carbons (Fsp3) is 0.630. The Labute approximate surface area is 566 Å². The molecule has 0 aliphatic carbocycles. The predicted molar refractivity (Wildman–Crippen MR) is 404 cm³/mol. The monoisotopic (exact) mass is 1310 g/mol. The maximum atomic E-state index is 4.98. The normalized spacial score (nSPS) is 9.54. The van der Waals surface area contributed by atoms with Crippen LogP contribution in [0.25, 0.3) is 0 Å². The number of hydrogen-bond acceptors (Lipinski definition) is 15. The number of nitrogens with zero attached hydrogens (tertiary/aromatic N) is 9. The van der Waals surface area contributed by atoms with Gasteiger partial charge in [-0.2, -0.15) is 5.10 Å². The predicted octanol–water partition coefficient (Wildman–Crippen LogP) is 26.1. The number of allylic oxidation sites excluding steroid dienone is 1. The van der Waals surface area contributed by atoms with Crippen molar-refractivity contribution < 1.29 is 13.3 Å². The molecule has 0 unspecified atom stereocenters. The van der Waals surface area contributed by atoms with Crippen LogP contribution in [0.3, 0.4) is 0 Å². The molecule has 0 bridgehead atoms. The van der Waals surface area contributed by atoms with E-state index in [0.29, 0.717) is 53.3 Å². The summed E-state index contributed by atoms with van der Waals surface area (Å²) in [5.74, 6) is 6.71. The number of aliphatic imine (C=N–C) groups is 1. The van der Waals surface area contributed by atoms with Gasteiger partial charge in [-0.3, -0.25) is 15.1 Å². The maximum Gasteiger partial charge on any atom is 0.196 e. The molecule has 2 N–H and O–H groups in total. The van der Waals surface area contributed by atoms with Gasteiger partial charge in [-0.15, -0.1) is 34.0 Å². The first kappa shape index (κ1) is 103. The molecule has 1 aliphatic rings. The van der Waals surface area contributed by atoms with Gasteiger partial charge < -0.3 is 18.2 Å². The van der Waals surface area contributed by atoms with Crippen LogP contribution in [0.4, 0.5) is 0 Å². The first-order chi connectivity index (χ1) is 43.2. The minimum absolute atomic E-state index is 0.407. The molecule has 0 amide bonds. The number of thiazole rings is 3. The SMILES string of the molecule is CC.CC.CC.CC.CC.CC.CC.CC.CC.CC(C)C1=CCN=C1.CC(C)c1ccn[nH]1.CC(C)c1cnc[nH]1.CC(C)c1cnco1.CC(C)c1cncs1.CC(C)c1cocn1.CC(C)c1cscn1.CC(C)c1ncco1.CC(C)c1nccs1. The van der Waals surface area contributed by atoms with Crippen molar-refractivity contribution in [1.29, 1.82) is 0 Å². The van der Waals surface area contributed by atoms with E-state index in [1.54, 1.807) is 71.5 Å². The Balaban J connectivity index is -0.000000113. The number of H-pyrrole nitrogens is 2. The van der Waals surface area contributed by atoms with Gasteiger partial charge in [0.05, 0.1) is 52.7 Å². The molecule has 8 aromatic rings. The molecular formula is C73H139N11O3S3. The molecule has 0 radical (unpaired) electrons. The molecule has 9 rings (SSSR count). The fourth-order valence-corrected chi connectivity index (χ4v) is 7.01. The van der Waals surface area contributed by atoms with Crippen LogP contribution in [0.5, 0.6) is 0 Å². The van der Waals surface area contributed by atoms with E-state index in [4.69, 9.17) is 13.3 Å². The van der Waals surface area contributed by atoms with Gasteiger partial charge in [0, 0.05) is 75.8 Å². The molecule has 0 saturated carbocycles. The summed E-state index contributed by atoms with van der Waals surface area (Å²) in [6.07, 6.45) is 22.8. The molecule has 90 heavy (non-hydrogen) atoms. The van der Waals surface area contributed by atoms with E-state index in [-0.39, 0.29) is 0 Å². The number of aromatic nitrogens is 10. The average Bonchev–Trinajstić information content (AvgIpc) is 4.50. The standard InChI is InChI=1S/C7H11N.2C6H10N2.3C6H9NO.3C6H9NS.9C2H6/c1-6(2)7-3-4-8-5-7;1-5(2)6-3-7-4-8-6;1-5(2)6-3-4-7-8-6;1-5(2)6-3-8-4-7-6;1-5(2)6-3-7-4-8-6;1-5(2)6-7-3-4-8-6;1-5(2)6-3-8-4-7-6;1-5(2)6-3-7-4-8-6;1-5(2)6-7-3-4-8-6;9*1-2/h3,5-6H,4H2,1-2H3;2*3-5H,1-2H3,(H,7,8);6*3-5H,1-2H3;9*1-2H3. The Morgan fingerprint density at radius 1 is 0.467 bits per heavy atom. The summed E-state index contributed by atoms with van der Waals surface area (Å²) in [6.45, 7) is 75.1. The third-order valence-electron chi connectivity index (χ3n) is 9.64. The second kappa shape index (κ2) is 79.4. The van der Waals surface area contributed by atoms with Gasteiger partial charge in [0.1, 0.15) is 18.3 Å². The first-order valence-electron chi connectivity index (χ1n) is 33.7. The average molecular weight is 1320 g/mol. The largest absolute Gasteiger partial charge is 0.451 e. The Morgan fingerprint density at radius 2 is 1.04 bits per heavy atom. The zero-order valence-corrected chi connectivity index (χ0v) is 66.7. The van der Waals surface area contributed by atoms with Crippen molar-refractivity contribution in [3.63, 3.8) is 0 Å². The lowest BCUT2D eigenvalue weighted by Crippen LogP contribution is -1.90. The topological polar surface area (TPSA) is 186 Å². The zero-order valence-electron chi connectivity index (χ0n) is 64.3. The molecule has 9 heterocycles. The first-order valence-corrected chi connectivity index (χ1v) is 36.4. The lowest BCUT2D eigenvalue weighted by molar-refractivity contribution is 0.471. The van der Waals surface area contributed by atoms with Crippen LogP contribution in [-0.4, -0.2) is 62.8 Å². The van der Waals surface area contributed by atoms with E-state index in [1.807, 2.05) is 186 Å². The van der Waals surface area contributed by atoms with Crippen LogP contribution in [0.1, 0.15) is 341 Å². The molecule has 0 fully saturated rings. The highest BCUT2D eigenvalue weighted by atomic mass is 32.1. The quantitative estimate of drug-likeness (QED) is 0.140. The van der Waals surface area contributed by atoms with Crippen molar-refractivity contribution in [3.05, 3.63) is 153 Å². The van der Waals surface area contributed by atoms with E-state index in [1.165, 1.54) is 45.3 Å². The number of aromatic amines is 2. The number of rotatable bonds is 9. The Morgan fingerprint density at radius 3 is 1.24 bits per heavy atom. The summed E-state index contributed by atoms with van der Waals surface area (Å²) >= 11 is 5.10. The molecule has 17 heteroatoms. The van der Waals surface area contributed by atoms with Crippen LogP contribution in [-0.2, 0) is 0 Å². The van der Waals surface area contributed by atoms with Crippen molar-refractivity contribution in [2.75, 3.05) is 6.54 Å². The summed E-state index contributed by atoms with van der Waals surface area (Å²) in [5.41, 5.74) is 9.74. The summed E-state index contributed by atoms with van der Waals surface area (Å²) < 4.78 is 14.7. The Kier molecular flexibility index (Phi) is 91.1. The molecule has 0 spiro atoms. The summed E-state index contributed by atoms with van der Waals surface area (Å²) in [5, 5.41) is 12.0. The number of oxazole rings is 3. The Bertz CT molecular complexity index is 1910. The van der Waals surface area contributed by atoms with Crippen molar-refractivity contribution in [2.45, 2.75) is 297 Å². The highest BCUT2D eigenvalue weighted by Crippen LogP contribution is 2.18. The minimum Gasteiger partial charge on any atom is -0.451 e. The van der Waals surface area contributed by atoms with Gasteiger partial charge >= 0.3 is 0 Å². The molecule has 0 atom stereocenters. The van der Waals surface area contributed by atoms with Crippen LogP contribution in [0.15, 0.2) is 127 Å². The zero-order chi connectivity index (χ0) is 71.8. The van der Waals surface area contributed by atoms with Gasteiger partial charge in [0.15, 0.2) is 18.7 Å². The van der Waals surface area contributed by atoms with E-state index >= 15 is 0 Å². The van der Waals surface area contributed by atoms with Crippen molar-refractivity contribution in [2.24, 2.45) is 10.9 Å². The molecule has 522 valence electrons. The molecule has 8 aromatic heterocycles. The highest BCUT2D eigenvalue weighted by molar-refractivity contribution is 7.09.